The van der Waals surface area contributed by atoms with Crippen LogP contribution in [0.15, 0.2) is 29.4 Å². The Balaban J connectivity index is 2.49. The summed E-state index contributed by atoms with van der Waals surface area (Å²) in [5.41, 5.74) is 5.68. The first-order chi connectivity index (χ1) is 7.61. The predicted molar refractivity (Wildman–Crippen MR) is 55.7 cm³/mol. The standard InChI is InChI=1S/C10H11FN2O3/c1-7(6-12)13-16-10(14)15-9-4-2-8(11)3-5-9/h2-5H,6,12H2,1H3. The molecule has 2 N–H and O–H groups in total. The van der Waals surface area contributed by atoms with E-state index in [-0.39, 0.29) is 12.3 Å². The fraction of sp³-hybridized carbons (Fsp3) is 0.200. The van der Waals surface area contributed by atoms with Gasteiger partial charge in [0, 0.05) is 6.54 Å². The van der Waals surface area contributed by atoms with E-state index in [0.717, 1.165) is 12.1 Å². The lowest BCUT2D eigenvalue weighted by Crippen LogP contribution is -2.13. The summed E-state index contributed by atoms with van der Waals surface area (Å²) < 4.78 is 17.2. The van der Waals surface area contributed by atoms with Crippen LogP contribution in [-0.2, 0) is 4.84 Å². The highest BCUT2D eigenvalue weighted by molar-refractivity contribution is 5.83. The Morgan fingerprint density at radius 2 is 2.06 bits per heavy atom. The molecular weight excluding hydrogens is 215 g/mol. The van der Waals surface area contributed by atoms with Gasteiger partial charge in [0.15, 0.2) is 0 Å². The van der Waals surface area contributed by atoms with Crippen LogP contribution < -0.4 is 10.5 Å². The minimum atomic E-state index is -1.00. The molecule has 1 rings (SSSR count). The maximum Gasteiger partial charge on any atom is 0.540 e. The summed E-state index contributed by atoms with van der Waals surface area (Å²) in [6, 6.07) is 4.93. The van der Waals surface area contributed by atoms with E-state index in [1.807, 2.05) is 0 Å². The molecule has 0 fully saturated rings. The number of ether oxygens (including phenoxy) is 1. The number of nitrogens with two attached hydrogens (primary N) is 1. The van der Waals surface area contributed by atoms with E-state index in [1.54, 1.807) is 6.92 Å². The zero-order valence-electron chi connectivity index (χ0n) is 8.64. The minimum absolute atomic E-state index is 0.173. The molecule has 0 aliphatic carbocycles. The van der Waals surface area contributed by atoms with Crippen LogP contribution in [0.1, 0.15) is 6.92 Å². The third kappa shape index (κ3) is 4.05. The van der Waals surface area contributed by atoms with E-state index >= 15 is 0 Å². The Labute approximate surface area is 91.6 Å². The van der Waals surface area contributed by atoms with Crippen molar-refractivity contribution in [2.75, 3.05) is 6.54 Å². The summed E-state index contributed by atoms with van der Waals surface area (Å²) in [5.74, 6) is -0.246. The molecule has 0 atom stereocenters. The maximum atomic E-state index is 12.5. The van der Waals surface area contributed by atoms with Gasteiger partial charge >= 0.3 is 6.16 Å². The smallest absolute Gasteiger partial charge is 0.393 e. The van der Waals surface area contributed by atoms with Crippen molar-refractivity contribution in [3.63, 3.8) is 0 Å². The third-order valence-corrected chi connectivity index (χ3v) is 1.59. The average molecular weight is 226 g/mol. The van der Waals surface area contributed by atoms with Gasteiger partial charge in [-0.3, -0.25) is 4.84 Å². The molecular formula is C10H11FN2O3. The number of benzene rings is 1. The van der Waals surface area contributed by atoms with Crippen LogP contribution in [0.5, 0.6) is 5.75 Å². The Bertz CT molecular complexity index is 390. The first-order valence-corrected chi connectivity index (χ1v) is 4.49. The predicted octanol–water partition coefficient (Wildman–Crippen LogP) is 1.68. The number of hydrogen-bond acceptors (Lipinski definition) is 5. The van der Waals surface area contributed by atoms with E-state index in [9.17, 15) is 9.18 Å². The van der Waals surface area contributed by atoms with Crippen LogP contribution in [-0.4, -0.2) is 18.4 Å². The van der Waals surface area contributed by atoms with E-state index in [1.165, 1.54) is 12.1 Å². The van der Waals surface area contributed by atoms with Crippen molar-refractivity contribution in [1.29, 1.82) is 0 Å². The van der Waals surface area contributed by atoms with Gasteiger partial charge in [0.1, 0.15) is 11.6 Å². The fourth-order valence-electron chi connectivity index (χ4n) is 0.770. The van der Waals surface area contributed by atoms with Gasteiger partial charge in [-0.15, -0.1) is 0 Å². The molecule has 0 spiro atoms. The van der Waals surface area contributed by atoms with Crippen LogP contribution in [0.25, 0.3) is 0 Å². The van der Waals surface area contributed by atoms with Crippen molar-refractivity contribution < 1.29 is 18.8 Å². The lowest BCUT2D eigenvalue weighted by atomic mass is 10.3. The van der Waals surface area contributed by atoms with Crippen molar-refractivity contribution in [2.45, 2.75) is 6.92 Å². The summed E-state index contributed by atoms with van der Waals surface area (Å²) in [4.78, 5) is 15.4. The molecule has 0 aliphatic heterocycles. The van der Waals surface area contributed by atoms with Crippen molar-refractivity contribution in [2.24, 2.45) is 10.9 Å². The highest BCUT2D eigenvalue weighted by Crippen LogP contribution is 2.11. The van der Waals surface area contributed by atoms with E-state index in [4.69, 9.17) is 5.73 Å². The van der Waals surface area contributed by atoms with Gasteiger partial charge in [-0.05, 0) is 31.2 Å². The van der Waals surface area contributed by atoms with Crippen LogP contribution in [0.4, 0.5) is 9.18 Å². The molecule has 0 heterocycles. The largest absolute Gasteiger partial charge is 0.540 e. The second-order valence-corrected chi connectivity index (χ2v) is 2.93. The van der Waals surface area contributed by atoms with Crippen LogP contribution >= 0.6 is 0 Å². The molecule has 16 heavy (non-hydrogen) atoms. The second kappa shape index (κ2) is 5.82. The quantitative estimate of drug-likeness (QED) is 0.280. The number of hydrogen-bond donors (Lipinski definition) is 1. The van der Waals surface area contributed by atoms with Gasteiger partial charge < -0.3 is 10.5 Å². The Hall–Kier alpha value is -1.95. The molecule has 5 nitrogen and oxygen atoms in total. The summed E-state index contributed by atoms with van der Waals surface area (Å²) in [6.07, 6.45) is -1.00. The lowest BCUT2D eigenvalue weighted by Gasteiger charge is -2.01. The summed E-state index contributed by atoms with van der Waals surface area (Å²) >= 11 is 0. The van der Waals surface area contributed by atoms with Crippen LogP contribution in [0.2, 0.25) is 0 Å². The topological polar surface area (TPSA) is 73.9 Å². The molecule has 86 valence electrons. The number of oxime groups is 1. The maximum absolute atomic E-state index is 12.5. The monoisotopic (exact) mass is 226 g/mol. The molecule has 0 aliphatic rings. The molecule has 0 aromatic heterocycles. The average Bonchev–Trinajstić information content (AvgIpc) is 2.29. The van der Waals surface area contributed by atoms with Crippen LogP contribution in [0, 0.1) is 5.82 Å². The number of nitrogens with zero attached hydrogens (tertiary/aromatic N) is 1. The SMILES string of the molecule is CC(CN)=NOC(=O)Oc1ccc(F)cc1. The second-order valence-electron chi connectivity index (χ2n) is 2.93. The number of halogens is 1. The zero-order valence-corrected chi connectivity index (χ0v) is 8.64. The first kappa shape index (κ1) is 12.1. The molecule has 0 saturated heterocycles. The summed E-state index contributed by atoms with van der Waals surface area (Å²) in [5, 5.41) is 3.40. The van der Waals surface area contributed by atoms with Gasteiger partial charge in [0.25, 0.3) is 0 Å². The molecule has 0 radical (unpaired) electrons. The Morgan fingerprint density at radius 3 is 2.62 bits per heavy atom. The van der Waals surface area contributed by atoms with Gasteiger partial charge in [0.05, 0.1) is 5.71 Å². The highest BCUT2D eigenvalue weighted by Gasteiger charge is 2.05. The van der Waals surface area contributed by atoms with Crippen molar-refractivity contribution in [3.8, 4) is 5.75 Å². The van der Waals surface area contributed by atoms with E-state index < -0.39 is 12.0 Å². The molecule has 0 amide bonds. The van der Waals surface area contributed by atoms with Gasteiger partial charge in [-0.2, -0.15) is 0 Å². The normalized spacial score (nSPS) is 11.1. The molecule has 0 unspecified atom stereocenters. The Kier molecular flexibility index (Phi) is 4.41. The summed E-state index contributed by atoms with van der Waals surface area (Å²) in [7, 11) is 0. The van der Waals surface area contributed by atoms with Crippen molar-refractivity contribution in [1.82, 2.24) is 0 Å². The fourth-order valence-corrected chi connectivity index (χ4v) is 0.770. The van der Waals surface area contributed by atoms with Crippen molar-refractivity contribution >= 4 is 11.9 Å². The molecule has 1 aromatic rings. The molecule has 0 bridgehead atoms. The number of rotatable bonds is 3. The van der Waals surface area contributed by atoms with Gasteiger partial charge in [0.2, 0.25) is 0 Å². The van der Waals surface area contributed by atoms with E-state index in [0.29, 0.717) is 5.71 Å². The van der Waals surface area contributed by atoms with Crippen LogP contribution in [0.3, 0.4) is 0 Å². The van der Waals surface area contributed by atoms with E-state index in [2.05, 4.69) is 14.7 Å². The lowest BCUT2D eigenvalue weighted by molar-refractivity contribution is 0.102. The Morgan fingerprint density at radius 1 is 1.44 bits per heavy atom. The minimum Gasteiger partial charge on any atom is -0.393 e. The van der Waals surface area contributed by atoms with Gasteiger partial charge in [-0.25, -0.2) is 9.18 Å². The first-order valence-electron chi connectivity index (χ1n) is 4.49. The summed E-state index contributed by atoms with van der Waals surface area (Å²) in [6.45, 7) is 1.79. The van der Waals surface area contributed by atoms with Crippen molar-refractivity contribution in [3.05, 3.63) is 30.1 Å². The molecule has 6 heteroatoms. The zero-order chi connectivity index (χ0) is 12.0. The highest BCUT2D eigenvalue weighted by atomic mass is 19.1. The third-order valence-electron chi connectivity index (χ3n) is 1.59. The molecule has 0 saturated carbocycles. The van der Waals surface area contributed by atoms with Gasteiger partial charge in [-0.1, -0.05) is 5.16 Å². The number of carbonyl (C=O) groups excluding carboxylic acids is 1. The molecule has 1 aromatic carbocycles. The number of carbonyl (C=O) groups is 1.